The molecule has 0 atom stereocenters. The number of likely N-dealkylation sites (tertiary alicyclic amines) is 1. The Morgan fingerprint density at radius 2 is 1.50 bits per heavy atom. The molecule has 2 aromatic carbocycles. The first-order valence-electron chi connectivity index (χ1n) is 9.99. The Labute approximate surface area is 165 Å². The molecule has 2 aliphatic rings. The van der Waals surface area contributed by atoms with Crippen LogP contribution in [0.25, 0.3) is 0 Å². The Morgan fingerprint density at radius 1 is 0.857 bits per heavy atom. The van der Waals surface area contributed by atoms with Crippen molar-refractivity contribution in [1.82, 2.24) is 4.90 Å². The number of hydrogen-bond donors (Lipinski definition) is 0. The summed E-state index contributed by atoms with van der Waals surface area (Å²) in [6.07, 6.45) is 3.93. The van der Waals surface area contributed by atoms with E-state index in [9.17, 15) is 14.4 Å². The molecule has 4 nitrogen and oxygen atoms in total. The van der Waals surface area contributed by atoms with Crippen LogP contribution in [-0.2, 0) is 6.42 Å². The summed E-state index contributed by atoms with van der Waals surface area (Å²) in [7, 11) is 0. The van der Waals surface area contributed by atoms with Gasteiger partial charge in [-0.2, -0.15) is 0 Å². The summed E-state index contributed by atoms with van der Waals surface area (Å²) >= 11 is 0. The molecule has 1 aliphatic heterocycles. The van der Waals surface area contributed by atoms with E-state index in [2.05, 4.69) is 4.90 Å². The first-order valence-corrected chi connectivity index (χ1v) is 9.99. The van der Waals surface area contributed by atoms with Gasteiger partial charge in [-0.15, -0.1) is 0 Å². The van der Waals surface area contributed by atoms with Crippen LogP contribution in [0.1, 0.15) is 75.3 Å². The molecule has 2 aromatic rings. The molecule has 0 amide bonds. The molecule has 0 radical (unpaired) electrons. The largest absolute Gasteiger partial charge is 0.292 e. The predicted octanol–water partition coefficient (Wildman–Crippen LogP) is 4.10. The number of Topliss-reactive ketones (excluding diaryl/α,β-unsaturated/α-hetero) is 3. The number of piperidine rings is 1. The molecule has 1 heterocycles. The maximum absolute atomic E-state index is 13.3. The standard InChI is InChI=1S/C24H25NO3/c1-24(2,25-12-6-3-7-13-25)23(28)18-11-10-17-14-16-8-4-5-9-19(16)21(26)22(27)20(17)15-18/h4-5,8-11,15H,3,6-7,12-14H2,1-2H3. The molecule has 0 unspecified atom stereocenters. The summed E-state index contributed by atoms with van der Waals surface area (Å²) in [4.78, 5) is 41.1. The van der Waals surface area contributed by atoms with Crippen LogP contribution in [-0.4, -0.2) is 40.9 Å². The third-order valence-corrected chi connectivity index (χ3v) is 6.17. The molecule has 28 heavy (non-hydrogen) atoms. The highest BCUT2D eigenvalue weighted by molar-refractivity contribution is 6.50. The van der Waals surface area contributed by atoms with Gasteiger partial charge in [0.1, 0.15) is 0 Å². The van der Waals surface area contributed by atoms with Crippen LogP contribution in [0, 0.1) is 0 Å². The van der Waals surface area contributed by atoms with Crippen molar-refractivity contribution in [1.29, 1.82) is 0 Å². The molecule has 0 N–H and O–H groups in total. The highest BCUT2D eigenvalue weighted by atomic mass is 16.2. The topological polar surface area (TPSA) is 54.5 Å². The number of ketones is 3. The fourth-order valence-corrected chi connectivity index (χ4v) is 4.38. The minimum Gasteiger partial charge on any atom is -0.292 e. The van der Waals surface area contributed by atoms with Gasteiger partial charge >= 0.3 is 0 Å². The van der Waals surface area contributed by atoms with Crippen LogP contribution in [0.15, 0.2) is 42.5 Å². The first kappa shape index (κ1) is 18.8. The molecule has 4 heteroatoms. The number of benzene rings is 2. The van der Waals surface area contributed by atoms with E-state index in [0.717, 1.165) is 37.1 Å². The maximum Gasteiger partial charge on any atom is 0.233 e. The van der Waals surface area contributed by atoms with Crippen molar-refractivity contribution in [3.8, 4) is 0 Å². The zero-order valence-electron chi connectivity index (χ0n) is 16.5. The Morgan fingerprint density at radius 3 is 2.25 bits per heavy atom. The molecule has 1 saturated heterocycles. The van der Waals surface area contributed by atoms with Crippen LogP contribution in [0.4, 0.5) is 0 Å². The number of hydrogen-bond acceptors (Lipinski definition) is 4. The minimum absolute atomic E-state index is 0.000731. The van der Waals surface area contributed by atoms with Crippen molar-refractivity contribution in [3.05, 3.63) is 70.3 Å². The van der Waals surface area contributed by atoms with Gasteiger partial charge in [-0.25, -0.2) is 0 Å². The third kappa shape index (κ3) is 3.12. The van der Waals surface area contributed by atoms with E-state index in [1.807, 2.05) is 32.0 Å². The van der Waals surface area contributed by atoms with Crippen molar-refractivity contribution in [2.75, 3.05) is 13.1 Å². The summed E-state index contributed by atoms with van der Waals surface area (Å²) in [5, 5.41) is 0. The van der Waals surface area contributed by atoms with E-state index in [1.165, 1.54) is 6.42 Å². The summed E-state index contributed by atoms with van der Waals surface area (Å²) in [5.74, 6) is -1.01. The van der Waals surface area contributed by atoms with Gasteiger partial charge in [0.25, 0.3) is 0 Å². The number of carbonyl (C=O) groups excluding carboxylic acids is 3. The second kappa shape index (κ2) is 7.10. The molecule has 4 rings (SSSR count). The third-order valence-electron chi connectivity index (χ3n) is 6.17. The molecule has 0 aromatic heterocycles. The van der Waals surface area contributed by atoms with E-state index in [1.54, 1.807) is 24.3 Å². The highest BCUT2D eigenvalue weighted by Crippen LogP contribution is 2.29. The van der Waals surface area contributed by atoms with Gasteiger partial charge in [-0.05, 0) is 63.4 Å². The van der Waals surface area contributed by atoms with Crippen LogP contribution < -0.4 is 0 Å². The van der Waals surface area contributed by atoms with E-state index < -0.39 is 17.1 Å². The lowest BCUT2D eigenvalue weighted by Gasteiger charge is -2.39. The van der Waals surface area contributed by atoms with Crippen LogP contribution >= 0.6 is 0 Å². The lowest BCUT2D eigenvalue weighted by atomic mass is 9.87. The predicted molar refractivity (Wildman–Crippen MR) is 108 cm³/mol. The monoisotopic (exact) mass is 375 g/mol. The average molecular weight is 375 g/mol. The Balaban J connectivity index is 1.70. The normalized spacial score (nSPS) is 17.6. The quantitative estimate of drug-likeness (QED) is 0.599. The SMILES string of the molecule is CC(C)(C(=O)c1ccc2c(c1)C(=O)C(=O)c1ccccc1C2)N1CCCCC1. The second-order valence-corrected chi connectivity index (χ2v) is 8.30. The molecule has 0 spiro atoms. The smallest absolute Gasteiger partial charge is 0.233 e. The molecule has 1 aliphatic carbocycles. The van der Waals surface area contributed by atoms with E-state index in [4.69, 9.17) is 0 Å². The summed E-state index contributed by atoms with van der Waals surface area (Å²) in [6.45, 7) is 5.73. The lowest BCUT2D eigenvalue weighted by molar-refractivity contribution is 0.0579. The van der Waals surface area contributed by atoms with Crippen molar-refractivity contribution < 1.29 is 14.4 Å². The van der Waals surface area contributed by atoms with Gasteiger partial charge in [0.2, 0.25) is 11.6 Å². The van der Waals surface area contributed by atoms with Crippen LogP contribution in [0.5, 0.6) is 0 Å². The highest BCUT2D eigenvalue weighted by Gasteiger charge is 2.36. The van der Waals surface area contributed by atoms with E-state index in [-0.39, 0.29) is 5.78 Å². The number of rotatable bonds is 3. The van der Waals surface area contributed by atoms with Crippen molar-refractivity contribution in [2.45, 2.75) is 45.1 Å². The second-order valence-electron chi connectivity index (χ2n) is 8.30. The van der Waals surface area contributed by atoms with E-state index in [0.29, 0.717) is 23.1 Å². The zero-order valence-corrected chi connectivity index (χ0v) is 16.5. The minimum atomic E-state index is -0.630. The van der Waals surface area contributed by atoms with Crippen molar-refractivity contribution in [3.63, 3.8) is 0 Å². The van der Waals surface area contributed by atoms with Gasteiger partial charge in [-0.1, -0.05) is 42.8 Å². The van der Waals surface area contributed by atoms with Gasteiger partial charge < -0.3 is 0 Å². The average Bonchev–Trinajstić information content (AvgIpc) is 2.83. The molecular formula is C24H25NO3. The van der Waals surface area contributed by atoms with Gasteiger partial charge in [0, 0.05) is 16.7 Å². The molecule has 1 fully saturated rings. The van der Waals surface area contributed by atoms with E-state index >= 15 is 0 Å². The van der Waals surface area contributed by atoms with Gasteiger partial charge in [-0.3, -0.25) is 19.3 Å². The number of carbonyl (C=O) groups is 3. The Kier molecular flexibility index (Phi) is 4.76. The van der Waals surface area contributed by atoms with Crippen molar-refractivity contribution >= 4 is 17.3 Å². The van der Waals surface area contributed by atoms with Crippen LogP contribution in [0.2, 0.25) is 0 Å². The molecule has 144 valence electrons. The molecule has 0 bridgehead atoms. The van der Waals surface area contributed by atoms with Gasteiger partial charge in [0.05, 0.1) is 5.54 Å². The molecular weight excluding hydrogens is 350 g/mol. The lowest BCUT2D eigenvalue weighted by Crippen LogP contribution is -2.52. The van der Waals surface area contributed by atoms with Gasteiger partial charge in [0.15, 0.2) is 5.78 Å². The number of nitrogens with zero attached hydrogens (tertiary/aromatic N) is 1. The fraction of sp³-hybridized carbons (Fsp3) is 0.375. The van der Waals surface area contributed by atoms with Crippen LogP contribution in [0.3, 0.4) is 0 Å². The van der Waals surface area contributed by atoms with Crippen molar-refractivity contribution in [2.24, 2.45) is 0 Å². The summed E-state index contributed by atoms with van der Waals surface area (Å²) in [5.41, 5.74) is 2.35. The maximum atomic E-state index is 13.3. The Bertz CT molecular complexity index is 968. The Hall–Kier alpha value is -2.59. The molecule has 0 saturated carbocycles. The zero-order chi connectivity index (χ0) is 19.9. The number of fused-ring (bicyclic) bond motifs is 2. The fourth-order valence-electron chi connectivity index (χ4n) is 4.38. The summed E-state index contributed by atoms with van der Waals surface area (Å²) < 4.78 is 0. The summed E-state index contributed by atoms with van der Waals surface area (Å²) in [6, 6.07) is 12.5. The first-order chi connectivity index (χ1) is 13.4.